The van der Waals surface area contributed by atoms with Crippen molar-refractivity contribution in [2.45, 2.75) is 26.1 Å². The summed E-state index contributed by atoms with van der Waals surface area (Å²) in [6.45, 7) is 7.07. The number of halogens is 1. The van der Waals surface area contributed by atoms with E-state index in [0.29, 0.717) is 54.9 Å². The van der Waals surface area contributed by atoms with E-state index in [1.807, 2.05) is 65.3 Å². The van der Waals surface area contributed by atoms with Gasteiger partial charge in [0, 0.05) is 42.9 Å². The Bertz CT molecular complexity index is 1310. The molecule has 1 saturated heterocycles. The van der Waals surface area contributed by atoms with Gasteiger partial charge in [0.1, 0.15) is 17.7 Å². The van der Waals surface area contributed by atoms with Crippen LogP contribution in [0.1, 0.15) is 24.2 Å². The molecule has 2 unspecified atom stereocenters. The minimum Gasteiger partial charge on any atom is -0.492 e. The van der Waals surface area contributed by atoms with Crippen molar-refractivity contribution < 1.29 is 19.1 Å². The van der Waals surface area contributed by atoms with Gasteiger partial charge in [-0.3, -0.25) is 19.4 Å². The molecule has 0 spiro atoms. The molecular weight excluding hydrogens is 516 g/mol. The Kier molecular flexibility index (Phi) is 8.24. The summed E-state index contributed by atoms with van der Waals surface area (Å²) in [5, 5.41) is 4.24. The molecule has 0 radical (unpaired) electrons. The highest BCUT2D eigenvalue weighted by molar-refractivity contribution is 6.30. The van der Waals surface area contributed by atoms with Crippen molar-refractivity contribution in [2.24, 2.45) is 0 Å². The van der Waals surface area contributed by atoms with Gasteiger partial charge in [0.05, 0.1) is 17.9 Å². The quantitative estimate of drug-likeness (QED) is 0.438. The highest BCUT2D eigenvalue weighted by Crippen LogP contribution is 2.37. The number of carbonyl (C=O) groups excluding carboxylic acids is 2. The lowest BCUT2D eigenvalue weighted by Gasteiger charge is -2.46. The maximum Gasteiger partial charge on any atom is 0.262 e. The van der Waals surface area contributed by atoms with E-state index >= 15 is 0 Å². The standard InChI is InChI=1S/C30H33ClN4O4/c1-3-38-27-11-7-6-10-26(27)35-29(32-25-9-5-4-8-24(25)30(35)37)21(2)33-16-18-34(19-17-33)28(36)20-39-23-14-12-22(31)13-15-23/h4-15,21,29,32H,3,16-20H2,1-2H3. The van der Waals surface area contributed by atoms with Crippen molar-refractivity contribution in [3.8, 4) is 11.5 Å². The number of fused-ring (bicyclic) bond motifs is 1. The van der Waals surface area contributed by atoms with Gasteiger partial charge in [-0.05, 0) is 62.4 Å². The van der Waals surface area contributed by atoms with Crippen LogP contribution in [0.5, 0.6) is 11.5 Å². The maximum atomic E-state index is 13.9. The highest BCUT2D eigenvalue weighted by atomic mass is 35.5. The number of piperazine rings is 1. The number of hydrogen-bond acceptors (Lipinski definition) is 6. The molecule has 204 valence electrons. The molecule has 39 heavy (non-hydrogen) atoms. The van der Waals surface area contributed by atoms with E-state index in [0.717, 1.165) is 11.4 Å². The lowest BCUT2D eigenvalue weighted by atomic mass is 10.0. The third-order valence-corrected chi connectivity index (χ3v) is 7.51. The molecule has 8 nitrogen and oxygen atoms in total. The smallest absolute Gasteiger partial charge is 0.262 e. The van der Waals surface area contributed by atoms with Crippen molar-refractivity contribution in [1.82, 2.24) is 9.80 Å². The van der Waals surface area contributed by atoms with Crippen LogP contribution < -0.4 is 19.7 Å². The average Bonchev–Trinajstić information content (AvgIpc) is 2.97. The number of rotatable bonds is 8. The number of benzene rings is 3. The first-order chi connectivity index (χ1) is 19.0. The maximum absolute atomic E-state index is 13.9. The lowest BCUT2D eigenvalue weighted by molar-refractivity contribution is -0.135. The minimum atomic E-state index is -0.329. The van der Waals surface area contributed by atoms with Gasteiger partial charge in [0.25, 0.3) is 11.8 Å². The fourth-order valence-electron chi connectivity index (χ4n) is 5.15. The second-order valence-corrected chi connectivity index (χ2v) is 10.0. The van der Waals surface area contributed by atoms with Crippen molar-refractivity contribution in [3.05, 3.63) is 83.4 Å². The summed E-state index contributed by atoms with van der Waals surface area (Å²) in [5.74, 6) is 1.16. The SMILES string of the molecule is CCOc1ccccc1N1C(=O)c2ccccc2NC1C(C)N1CCN(C(=O)COc2ccc(Cl)cc2)CC1. The average molecular weight is 549 g/mol. The number of anilines is 2. The predicted molar refractivity (Wildman–Crippen MR) is 153 cm³/mol. The van der Waals surface area contributed by atoms with Crippen LogP contribution in [0.15, 0.2) is 72.8 Å². The van der Waals surface area contributed by atoms with Crippen molar-refractivity contribution in [2.75, 3.05) is 49.6 Å². The van der Waals surface area contributed by atoms with Crippen LogP contribution in [0.25, 0.3) is 0 Å². The van der Waals surface area contributed by atoms with Gasteiger partial charge < -0.3 is 19.7 Å². The summed E-state index contributed by atoms with van der Waals surface area (Å²) in [6.07, 6.45) is -0.329. The largest absolute Gasteiger partial charge is 0.492 e. The van der Waals surface area contributed by atoms with Gasteiger partial charge in [0.15, 0.2) is 6.61 Å². The van der Waals surface area contributed by atoms with Gasteiger partial charge >= 0.3 is 0 Å². The fraction of sp³-hybridized carbons (Fsp3) is 0.333. The Morgan fingerprint density at radius 1 is 0.974 bits per heavy atom. The summed E-state index contributed by atoms with van der Waals surface area (Å²) >= 11 is 5.92. The molecule has 1 N–H and O–H groups in total. The molecule has 1 fully saturated rings. The normalized spacial score (nSPS) is 18.2. The molecule has 0 aliphatic carbocycles. The molecule has 2 aliphatic rings. The minimum absolute atomic E-state index is 0.0192. The van der Waals surface area contributed by atoms with Crippen LogP contribution in [0, 0.1) is 0 Å². The fourth-order valence-corrected chi connectivity index (χ4v) is 5.28. The lowest BCUT2D eigenvalue weighted by Crippen LogP contribution is -2.62. The molecule has 2 heterocycles. The molecule has 5 rings (SSSR count). The summed E-state index contributed by atoms with van der Waals surface area (Å²) in [7, 11) is 0. The number of para-hydroxylation sites is 3. The molecule has 3 aromatic carbocycles. The van der Waals surface area contributed by atoms with E-state index in [9.17, 15) is 9.59 Å². The molecule has 0 bridgehead atoms. The van der Waals surface area contributed by atoms with Crippen LogP contribution in [0.2, 0.25) is 5.02 Å². The Balaban J connectivity index is 1.29. The number of ether oxygens (including phenoxy) is 2. The molecule has 2 atom stereocenters. The Morgan fingerprint density at radius 2 is 1.67 bits per heavy atom. The van der Waals surface area contributed by atoms with Crippen LogP contribution >= 0.6 is 11.6 Å². The first kappa shape index (κ1) is 26.8. The number of carbonyl (C=O) groups is 2. The van der Waals surface area contributed by atoms with Crippen molar-refractivity contribution in [3.63, 3.8) is 0 Å². The monoisotopic (exact) mass is 548 g/mol. The topological polar surface area (TPSA) is 74.4 Å². The summed E-state index contributed by atoms with van der Waals surface area (Å²) in [5.41, 5.74) is 2.18. The third kappa shape index (κ3) is 5.82. The van der Waals surface area contributed by atoms with Gasteiger partial charge in [0.2, 0.25) is 0 Å². The van der Waals surface area contributed by atoms with Crippen LogP contribution in [0.4, 0.5) is 11.4 Å². The molecule has 9 heteroatoms. The first-order valence-electron chi connectivity index (χ1n) is 13.3. The summed E-state index contributed by atoms with van der Waals surface area (Å²) in [4.78, 5) is 32.6. The molecule has 3 aromatic rings. The van der Waals surface area contributed by atoms with Crippen molar-refractivity contribution >= 4 is 34.8 Å². The highest BCUT2D eigenvalue weighted by Gasteiger charge is 2.40. The Hall–Kier alpha value is -3.75. The number of hydrogen-bond donors (Lipinski definition) is 1. The molecular formula is C30H33ClN4O4. The van der Waals surface area contributed by atoms with Gasteiger partial charge in [-0.25, -0.2) is 0 Å². The molecule has 2 aliphatic heterocycles. The Labute approximate surface area is 234 Å². The van der Waals surface area contributed by atoms with Crippen LogP contribution in [0.3, 0.4) is 0 Å². The number of nitrogens with one attached hydrogen (secondary N) is 1. The van der Waals surface area contributed by atoms with E-state index in [4.69, 9.17) is 21.1 Å². The van der Waals surface area contributed by atoms with Crippen LogP contribution in [-0.2, 0) is 4.79 Å². The van der Waals surface area contributed by atoms with E-state index in [-0.39, 0.29) is 30.6 Å². The van der Waals surface area contributed by atoms with Crippen LogP contribution in [-0.4, -0.2) is 73.2 Å². The Morgan fingerprint density at radius 3 is 2.41 bits per heavy atom. The predicted octanol–water partition coefficient (Wildman–Crippen LogP) is 4.75. The van der Waals surface area contributed by atoms with E-state index < -0.39 is 0 Å². The summed E-state index contributed by atoms with van der Waals surface area (Å²) in [6, 6.07) is 22.2. The molecule has 2 amide bonds. The second kappa shape index (κ2) is 12.0. The van der Waals surface area contributed by atoms with Gasteiger partial charge in [-0.1, -0.05) is 35.9 Å². The van der Waals surface area contributed by atoms with E-state index in [2.05, 4.69) is 17.1 Å². The van der Waals surface area contributed by atoms with Gasteiger partial charge in [-0.2, -0.15) is 0 Å². The van der Waals surface area contributed by atoms with Crippen molar-refractivity contribution in [1.29, 1.82) is 0 Å². The zero-order valence-electron chi connectivity index (χ0n) is 22.2. The number of amides is 2. The van der Waals surface area contributed by atoms with E-state index in [1.165, 1.54) is 0 Å². The zero-order valence-corrected chi connectivity index (χ0v) is 22.9. The van der Waals surface area contributed by atoms with Gasteiger partial charge in [-0.15, -0.1) is 0 Å². The molecule has 0 aromatic heterocycles. The molecule has 0 saturated carbocycles. The zero-order chi connectivity index (χ0) is 27.4. The van der Waals surface area contributed by atoms with E-state index in [1.54, 1.807) is 24.3 Å². The second-order valence-electron chi connectivity index (χ2n) is 9.61. The third-order valence-electron chi connectivity index (χ3n) is 7.26. The first-order valence-corrected chi connectivity index (χ1v) is 13.6. The summed E-state index contributed by atoms with van der Waals surface area (Å²) < 4.78 is 11.6. The number of nitrogens with zero attached hydrogens (tertiary/aromatic N) is 3.